The van der Waals surface area contributed by atoms with Gasteiger partial charge in [0.25, 0.3) is 0 Å². The third-order valence-corrected chi connectivity index (χ3v) is 6.06. The lowest BCUT2D eigenvalue weighted by atomic mass is 10.2. The second kappa shape index (κ2) is 7.64. The Kier molecular flexibility index (Phi) is 6.49. The molecule has 4 nitrogen and oxygen atoms in total. The van der Waals surface area contributed by atoms with Gasteiger partial charge in [0, 0.05) is 12.1 Å². The van der Waals surface area contributed by atoms with Gasteiger partial charge in [-0.1, -0.05) is 32.0 Å². The van der Waals surface area contributed by atoms with Crippen molar-refractivity contribution in [2.75, 3.05) is 12.4 Å². The molecule has 0 amide bonds. The Balaban J connectivity index is 2.46. The van der Waals surface area contributed by atoms with Crippen molar-refractivity contribution < 1.29 is 13.2 Å². The summed E-state index contributed by atoms with van der Waals surface area (Å²) in [5.41, 5.74) is 6.56. The van der Waals surface area contributed by atoms with Crippen molar-refractivity contribution in [3.8, 4) is 5.75 Å². The van der Waals surface area contributed by atoms with Crippen LogP contribution in [0, 0.1) is 5.92 Å². The smallest absolute Gasteiger partial charge is 0.153 e. The molecule has 0 aromatic heterocycles. The molecule has 0 heterocycles. The van der Waals surface area contributed by atoms with Crippen LogP contribution >= 0.6 is 0 Å². The van der Waals surface area contributed by atoms with E-state index < -0.39 is 9.84 Å². The van der Waals surface area contributed by atoms with Crippen LogP contribution in [0.1, 0.15) is 32.8 Å². The highest BCUT2D eigenvalue weighted by Gasteiger charge is 2.23. The zero-order valence-electron chi connectivity index (χ0n) is 12.5. The number of nitrogens with two attached hydrogens (primary N) is 1. The standard InChI is InChI=1S/C15H25NO3S/c1-12(2)13(3)20(17,18)10-6-9-19-15-8-5-4-7-14(15)11-16/h4-5,7-8,12-13H,6,9-11,16H2,1-3H3. The third kappa shape index (κ3) is 4.80. The Morgan fingerprint density at radius 1 is 1.20 bits per heavy atom. The second-order valence-electron chi connectivity index (χ2n) is 5.33. The SMILES string of the molecule is CC(C)C(C)S(=O)(=O)CCCOc1ccccc1CN. The molecule has 114 valence electrons. The lowest BCUT2D eigenvalue weighted by molar-refractivity contribution is 0.314. The van der Waals surface area contributed by atoms with Crippen LogP contribution in [0.3, 0.4) is 0 Å². The maximum atomic E-state index is 12.0. The van der Waals surface area contributed by atoms with Gasteiger partial charge in [-0.3, -0.25) is 0 Å². The minimum Gasteiger partial charge on any atom is -0.493 e. The molecule has 0 aliphatic heterocycles. The normalized spacial score (nSPS) is 13.4. The van der Waals surface area contributed by atoms with E-state index in [1.54, 1.807) is 6.92 Å². The van der Waals surface area contributed by atoms with Crippen molar-refractivity contribution in [1.29, 1.82) is 0 Å². The molecule has 0 bridgehead atoms. The largest absolute Gasteiger partial charge is 0.493 e. The van der Waals surface area contributed by atoms with E-state index in [0.29, 0.717) is 19.6 Å². The van der Waals surface area contributed by atoms with Gasteiger partial charge < -0.3 is 10.5 Å². The van der Waals surface area contributed by atoms with Crippen LogP contribution in [0.5, 0.6) is 5.75 Å². The van der Waals surface area contributed by atoms with Gasteiger partial charge in [0.1, 0.15) is 5.75 Å². The van der Waals surface area contributed by atoms with Gasteiger partial charge in [0.05, 0.1) is 17.6 Å². The summed E-state index contributed by atoms with van der Waals surface area (Å²) in [7, 11) is -3.03. The van der Waals surface area contributed by atoms with Crippen LogP contribution in [-0.4, -0.2) is 26.0 Å². The summed E-state index contributed by atoms with van der Waals surface area (Å²) in [6.45, 7) is 6.43. The van der Waals surface area contributed by atoms with Gasteiger partial charge in [-0.15, -0.1) is 0 Å². The van der Waals surface area contributed by atoms with Crippen molar-refractivity contribution in [2.24, 2.45) is 11.7 Å². The van der Waals surface area contributed by atoms with Gasteiger partial charge in [0.2, 0.25) is 0 Å². The Hall–Kier alpha value is -1.07. The molecule has 1 aromatic rings. The third-order valence-electron chi connectivity index (χ3n) is 3.53. The molecule has 1 unspecified atom stereocenters. The summed E-state index contributed by atoms with van der Waals surface area (Å²) in [5, 5.41) is -0.307. The topological polar surface area (TPSA) is 69.4 Å². The fourth-order valence-corrected chi connectivity index (χ4v) is 3.58. The van der Waals surface area contributed by atoms with E-state index in [4.69, 9.17) is 10.5 Å². The van der Waals surface area contributed by atoms with E-state index in [-0.39, 0.29) is 16.9 Å². The van der Waals surface area contributed by atoms with E-state index in [1.807, 2.05) is 38.1 Å². The quantitative estimate of drug-likeness (QED) is 0.748. The molecular formula is C15H25NO3S. The van der Waals surface area contributed by atoms with E-state index in [9.17, 15) is 8.42 Å². The highest BCUT2D eigenvalue weighted by Crippen LogP contribution is 2.18. The molecular weight excluding hydrogens is 274 g/mol. The lowest BCUT2D eigenvalue weighted by Crippen LogP contribution is -2.26. The summed E-state index contributed by atoms with van der Waals surface area (Å²) < 4.78 is 29.7. The molecule has 20 heavy (non-hydrogen) atoms. The predicted molar refractivity (Wildman–Crippen MR) is 82.5 cm³/mol. The van der Waals surface area contributed by atoms with E-state index in [0.717, 1.165) is 11.3 Å². The molecule has 2 N–H and O–H groups in total. The number of rotatable bonds is 8. The maximum absolute atomic E-state index is 12.0. The molecule has 0 saturated carbocycles. The molecule has 1 atom stereocenters. The molecule has 0 aliphatic rings. The number of para-hydroxylation sites is 1. The number of ether oxygens (including phenoxy) is 1. The molecule has 0 aliphatic carbocycles. The van der Waals surface area contributed by atoms with Crippen molar-refractivity contribution in [1.82, 2.24) is 0 Å². The minimum atomic E-state index is -3.03. The van der Waals surface area contributed by atoms with Crippen LogP contribution in [-0.2, 0) is 16.4 Å². The van der Waals surface area contributed by atoms with Gasteiger partial charge in [-0.25, -0.2) is 8.42 Å². The monoisotopic (exact) mass is 299 g/mol. The first-order valence-electron chi connectivity index (χ1n) is 7.01. The number of hydrogen-bond donors (Lipinski definition) is 1. The predicted octanol–water partition coefficient (Wildman–Crippen LogP) is 2.37. The molecule has 1 aromatic carbocycles. The molecule has 5 heteroatoms. The summed E-state index contributed by atoms with van der Waals surface area (Å²) in [6, 6.07) is 7.55. The number of sulfone groups is 1. The van der Waals surface area contributed by atoms with Gasteiger partial charge >= 0.3 is 0 Å². The van der Waals surface area contributed by atoms with Crippen molar-refractivity contribution in [3.05, 3.63) is 29.8 Å². The zero-order chi connectivity index (χ0) is 15.2. The van der Waals surface area contributed by atoms with E-state index >= 15 is 0 Å². The van der Waals surface area contributed by atoms with Crippen LogP contribution in [0.25, 0.3) is 0 Å². The van der Waals surface area contributed by atoms with Gasteiger partial charge in [0.15, 0.2) is 9.84 Å². The molecule has 1 rings (SSSR count). The van der Waals surface area contributed by atoms with E-state index in [1.165, 1.54) is 0 Å². The summed E-state index contributed by atoms with van der Waals surface area (Å²) >= 11 is 0. The highest BCUT2D eigenvalue weighted by atomic mass is 32.2. The minimum absolute atomic E-state index is 0.138. The highest BCUT2D eigenvalue weighted by molar-refractivity contribution is 7.92. The van der Waals surface area contributed by atoms with Crippen LogP contribution < -0.4 is 10.5 Å². The summed E-state index contributed by atoms with van der Waals surface area (Å²) in [4.78, 5) is 0. The Morgan fingerprint density at radius 2 is 1.85 bits per heavy atom. The fourth-order valence-electron chi connectivity index (χ4n) is 1.86. The first-order valence-corrected chi connectivity index (χ1v) is 8.72. The van der Waals surface area contributed by atoms with Crippen molar-refractivity contribution in [2.45, 2.75) is 39.0 Å². The molecule has 0 saturated heterocycles. The fraction of sp³-hybridized carbons (Fsp3) is 0.600. The summed E-state index contributed by atoms with van der Waals surface area (Å²) in [6.07, 6.45) is 0.498. The Morgan fingerprint density at radius 3 is 2.45 bits per heavy atom. The van der Waals surface area contributed by atoms with Crippen molar-refractivity contribution in [3.63, 3.8) is 0 Å². The first kappa shape index (κ1) is 17.0. The molecule has 0 radical (unpaired) electrons. The number of benzene rings is 1. The summed E-state index contributed by atoms with van der Waals surface area (Å²) in [5.74, 6) is 1.04. The maximum Gasteiger partial charge on any atom is 0.153 e. The second-order valence-corrected chi connectivity index (χ2v) is 7.81. The Bertz CT molecular complexity index is 512. The molecule has 0 fully saturated rings. The van der Waals surface area contributed by atoms with Crippen molar-refractivity contribution >= 4 is 9.84 Å². The first-order chi connectivity index (χ1) is 9.38. The van der Waals surface area contributed by atoms with Crippen LogP contribution in [0.2, 0.25) is 0 Å². The van der Waals surface area contributed by atoms with Crippen LogP contribution in [0.4, 0.5) is 0 Å². The van der Waals surface area contributed by atoms with E-state index in [2.05, 4.69) is 0 Å². The lowest BCUT2D eigenvalue weighted by Gasteiger charge is -2.16. The van der Waals surface area contributed by atoms with Crippen LogP contribution in [0.15, 0.2) is 24.3 Å². The van der Waals surface area contributed by atoms with Gasteiger partial charge in [-0.2, -0.15) is 0 Å². The average molecular weight is 299 g/mol. The number of hydrogen-bond acceptors (Lipinski definition) is 4. The average Bonchev–Trinajstić information content (AvgIpc) is 2.43. The Labute approximate surface area is 122 Å². The van der Waals surface area contributed by atoms with Gasteiger partial charge in [-0.05, 0) is 25.3 Å². The zero-order valence-corrected chi connectivity index (χ0v) is 13.3. The molecule has 0 spiro atoms.